The number of rotatable bonds is 16. The summed E-state index contributed by atoms with van der Waals surface area (Å²) in [6, 6.07) is 13.5. The lowest BCUT2D eigenvalue weighted by Crippen LogP contribution is -2.45. The number of Topliss-reactive ketones (excluding diaryl/α,β-unsaturated/α-hetero) is 1. The Morgan fingerprint density at radius 3 is 2.40 bits per heavy atom. The molecule has 0 unspecified atom stereocenters. The van der Waals surface area contributed by atoms with Gasteiger partial charge >= 0.3 is 5.97 Å². The fourth-order valence-electron chi connectivity index (χ4n) is 5.51. The van der Waals surface area contributed by atoms with Gasteiger partial charge in [0, 0.05) is 25.9 Å². The van der Waals surface area contributed by atoms with Crippen molar-refractivity contribution in [3.8, 4) is 0 Å². The van der Waals surface area contributed by atoms with E-state index in [0.717, 1.165) is 54.9 Å². The van der Waals surface area contributed by atoms with Crippen molar-refractivity contribution in [1.82, 2.24) is 10.2 Å². The molecular formula is C35H48N2O5. The molecule has 0 spiro atoms. The first-order valence-electron chi connectivity index (χ1n) is 15.5. The number of amides is 2. The highest BCUT2D eigenvalue weighted by molar-refractivity contribution is 5.93. The second-order valence-corrected chi connectivity index (χ2v) is 12.4. The van der Waals surface area contributed by atoms with E-state index in [4.69, 9.17) is 4.74 Å². The molecule has 7 heteroatoms. The van der Waals surface area contributed by atoms with Crippen LogP contribution in [0.4, 0.5) is 0 Å². The molecule has 0 aromatic heterocycles. The van der Waals surface area contributed by atoms with Crippen molar-refractivity contribution in [1.29, 1.82) is 0 Å². The summed E-state index contributed by atoms with van der Waals surface area (Å²) in [6.07, 6.45) is 8.41. The van der Waals surface area contributed by atoms with E-state index in [1.165, 1.54) is 0 Å². The number of unbranched alkanes of at least 4 members (excludes halogenated alkanes) is 3. The Balaban J connectivity index is 1.73. The smallest absolute Gasteiger partial charge is 0.307 e. The Labute approximate surface area is 251 Å². The zero-order chi connectivity index (χ0) is 30.5. The number of benzene rings is 2. The van der Waals surface area contributed by atoms with E-state index in [0.29, 0.717) is 25.9 Å². The summed E-state index contributed by atoms with van der Waals surface area (Å²) in [5.74, 6) is -2.05. The highest BCUT2D eigenvalue weighted by Gasteiger charge is 2.32. The number of ether oxygens (including phenoxy) is 1. The Kier molecular flexibility index (Phi) is 12.8. The number of carbonyl (C=O) groups is 4. The van der Waals surface area contributed by atoms with Crippen molar-refractivity contribution in [2.45, 2.75) is 103 Å². The summed E-state index contributed by atoms with van der Waals surface area (Å²) in [7, 11) is 0. The van der Waals surface area contributed by atoms with Crippen LogP contribution in [0.25, 0.3) is 10.8 Å². The van der Waals surface area contributed by atoms with Crippen LogP contribution in [-0.2, 0) is 30.3 Å². The molecule has 42 heavy (non-hydrogen) atoms. The maximum atomic E-state index is 13.6. The normalized spacial score (nSPS) is 14.8. The third-order valence-corrected chi connectivity index (χ3v) is 7.71. The minimum atomic E-state index is -0.901. The summed E-state index contributed by atoms with van der Waals surface area (Å²) in [5.41, 5.74) is 0.388. The summed E-state index contributed by atoms with van der Waals surface area (Å²) in [6.45, 7) is 10.4. The van der Waals surface area contributed by atoms with Gasteiger partial charge in [-0.2, -0.15) is 0 Å². The van der Waals surface area contributed by atoms with Gasteiger partial charge in [-0.25, -0.2) is 0 Å². The van der Waals surface area contributed by atoms with Gasteiger partial charge in [-0.05, 0) is 75.6 Å². The molecule has 0 bridgehead atoms. The molecule has 1 aliphatic heterocycles. The van der Waals surface area contributed by atoms with Gasteiger partial charge in [-0.15, -0.1) is 6.58 Å². The second kappa shape index (κ2) is 16.2. The van der Waals surface area contributed by atoms with Gasteiger partial charge in [0.2, 0.25) is 11.8 Å². The number of allylic oxidation sites excluding steroid dienone is 1. The number of esters is 1. The van der Waals surface area contributed by atoms with Crippen LogP contribution >= 0.6 is 0 Å². The van der Waals surface area contributed by atoms with E-state index in [9.17, 15) is 19.2 Å². The Hall–Kier alpha value is -3.48. The zero-order valence-electron chi connectivity index (χ0n) is 25.7. The highest BCUT2D eigenvalue weighted by Crippen LogP contribution is 2.22. The van der Waals surface area contributed by atoms with Crippen LogP contribution in [0.2, 0.25) is 0 Å². The largest absolute Gasteiger partial charge is 0.460 e. The molecule has 1 N–H and O–H groups in total. The van der Waals surface area contributed by atoms with Crippen LogP contribution in [0, 0.1) is 5.92 Å². The van der Waals surface area contributed by atoms with Gasteiger partial charge in [-0.1, -0.05) is 61.4 Å². The molecular weight excluding hydrogens is 528 g/mol. The van der Waals surface area contributed by atoms with Crippen LogP contribution in [0.1, 0.15) is 90.5 Å². The Morgan fingerprint density at radius 2 is 1.69 bits per heavy atom. The number of fused-ring (bicyclic) bond motifs is 1. The molecule has 1 saturated heterocycles. The summed E-state index contributed by atoms with van der Waals surface area (Å²) in [5, 5.41) is 5.21. The summed E-state index contributed by atoms with van der Waals surface area (Å²) in [4.78, 5) is 54.7. The van der Waals surface area contributed by atoms with Crippen molar-refractivity contribution >= 4 is 34.3 Å². The third kappa shape index (κ3) is 10.7. The predicted octanol–water partition coefficient (Wildman–Crippen LogP) is 6.32. The standard InChI is InChI=1S/C35H48N2O5/c1-5-6-7-8-9-19-30(31(38)21-20-27-17-14-16-26-15-10-11-18-29(26)27)36-34(41)28(25-33(40)42-35(2,3)4)24-32(39)37-22-12-13-23-37/h5,10-11,14-18,28,30H,1,6-9,12-13,19-25H2,2-4H3,(H,36,41)/t28-,30+/m1/s1. The molecule has 2 atom stereocenters. The minimum absolute atomic E-state index is 0.0399. The van der Waals surface area contributed by atoms with E-state index >= 15 is 0 Å². The summed E-state index contributed by atoms with van der Waals surface area (Å²) < 4.78 is 5.48. The van der Waals surface area contributed by atoms with Crippen molar-refractivity contribution in [3.05, 3.63) is 60.7 Å². The van der Waals surface area contributed by atoms with Crippen LogP contribution < -0.4 is 5.32 Å². The third-order valence-electron chi connectivity index (χ3n) is 7.71. The zero-order valence-corrected chi connectivity index (χ0v) is 25.7. The van der Waals surface area contributed by atoms with E-state index in [1.54, 1.807) is 25.7 Å². The van der Waals surface area contributed by atoms with Crippen molar-refractivity contribution < 1.29 is 23.9 Å². The Morgan fingerprint density at radius 1 is 0.976 bits per heavy atom. The molecule has 1 fully saturated rings. The fraction of sp³-hybridized carbons (Fsp3) is 0.543. The highest BCUT2D eigenvalue weighted by atomic mass is 16.6. The number of ketones is 1. The van der Waals surface area contributed by atoms with Crippen LogP contribution in [0.15, 0.2) is 55.1 Å². The first kappa shape index (κ1) is 33.0. The van der Waals surface area contributed by atoms with Gasteiger partial charge in [-0.3, -0.25) is 19.2 Å². The monoisotopic (exact) mass is 576 g/mol. The minimum Gasteiger partial charge on any atom is -0.460 e. The quantitative estimate of drug-likeness (QED) is 0.143. The van der Waals surface area contributed by atoms with Crippen molar-refractivity contribution in [2.75, 3.05) is 13.1 Å². The first-order valence-corrected chi connectivity index (χ1v) is 15.5. The van der Waals surface area contributed by atoms with Gasteiger partial charge in [0.05, 0.1) is 18.4 Å². The predicted molar refractivity (Wildman–Crippen MR) is 167 cm³/mol. The van der Waals surface area contributed by atoms with Crippen LogP contribution in [0.3, 0.4) is 0 Å². The van der Waals surface area contributed by atoms with Gasteiger partial charge < -0.3 is 15.0 Å². The molecule has 1 aliphatic rings. The number of nitrogens with zero attached hydrogens (tertiary/aromatic N) is 1. The lowest BCUT2D eigenvalue weighted by molar-refractivity contribution is -0.157. The summed E-state index contributed by atoms with van der Waals surface area (Å²) >= 11 is 0. The molecule has 2 aromatic rings. The average molecular weight is 577 g/mol. The molecule has 0 radical (unpaired) electrons. The molecule has 0 aliphatic carbocycles. The second-order valence-electron chi connectivity index (χ2n) is 12.4. The van der Waals surface area contributed by atoms with E-state index in [-0.39, 0.29) is 31.0 Å². The molecule has 3 rings (SSSR count). The van der Waals surface area contributed by atoms with Crippen LogP contribution in [-0.4, -0.2) is 53.2 Å². The van der Waals surface area contributed by atoms with E-state index < -0.39 is 29.4 Å². The van der Waals surface area contributed by atoms with Crippen molar-refractivity contribution in [3.63, 3.8) is 0 Å². The average Bonchev–Trinajstić information content (AvgIpc) is 3.49. The molecule has 2 amide bonds. The van der Waals surface area contributed by atoms with E-state index in [2.05, 4.69) is 30.1 Å². The molecule has 228 valence electrons. The van der Waals surface area contributed by atoms with Gasteiger partial charge in [0.1, 0.15) is 5.60 Å². The molecule has 1 heterocycles. The SMILES string of the molecule is C=CCCCCC[C@H](NC(=O)[C@@H](CC(=O)OC(C)(C)C)CC(=O)N1CCCC1)C(=O)CCc1cccc2ccccc12. The van der Waals surface area contributed by atoms with Crippen molar-refractivity contribution in [2.24, 2.45) is 5.92 Å². The molecule has 0 saturated carbocycles. The number of nitrogens with one attached hydrogen (secondary N) is 1. The first-order chi connectivity index (χ1) is 20.1. The number of likely N-dealkylation sites (tertiary alicyclic amines) is 1. The van der Waals surface area contributed by atoms with Crippen LogP contribution in [0.5, 0.6) is 0 Å². The lowest BCUT2D eigenvalue weighted by atomic mass is 9.94. The number of aryl methyl sites for hydroxylation is 1. The molecule has 7 nitrogen and oxygen atoms in total. The fourth-order valence-corrected chi connectivity index (χ4v) is 5.51. The number of carbonyl (C=O) groups excluding carboxylic acids is 4. The maximum absolute atomic E-state index is 13.6. The number of hydrogen-bond acceptors (Lipinski definition) is 5. The number of hydrogen-bond donors (Lipinski definition) is 1. The molecule has 2 aromatic carbocycles. The van der Waals surface area contributed by atoms with Gasteiger partial charge in [0.25, 0.3) is 0 Å². The Bertz CT molecular complexity index is 1220. The lowest BCUT2D eigenvalue weighted by Gasteiger charge is -2.25. The van der Waals surface area contributed by atoms with Gasteiger partial charge in [0.15, 0.2) is 5.78 Å². The topological polar surface area (TPSA) is 92.8 Å². The maximum Gasteiger partial charge on any atom is 0.307 e. The van der Waals surface area contributed by atoms with E-state index in [1.807, 2.05) is 30.3 Å².